The third-order valence-corrected chi connectivity index (χ3v) is 4.97. The maximum atomic E-state index is 12.0. The number of hydrogen-bond acceptors (Lipinski definition) is 4. The molecule has 7 heteroatoms. The largest absolute Gasteiger partial charge is 0.352 e. The van der Waals surface area contributed by atoms with Crippen molar-refractivity contribution in [1.29, 1.82) is 0 Å². The third kappa shape index (κ3) is 5.99. The van der Waals surface area contributed by atoms with Gasteiger partial charge in [-0.2, -0.15) is 0 Å². The van der Waals surface area contributed by atoms with Crippen LogP contribution in [0, 0.1) is 0 Å². The maximum absolute atomic E-state index is 12.0. The van der Waals surface area contributed by atoms with Crippen molar-refractivity contribution < 1.29 is 18.0 Å². The standard InChI is InChI=1S/C18H18ClNO4S/c1-25(23,24)16-8-2-13(3-9-16)12-20-18(22)11-10-17(21)14-4-6-15(19)7-5-14/h2-9H,10-12H2,1H3,(H,20,22). The second-order valence-corrected chi connectivity index (χ2v) is 8.08. The molecule has 0 heterocycles. The number of carbonyl (C=O) groups is 2. The first-order valence-corrected chi connectivity index (χ1v) is 9.87. The molecular weight excluding hydrogens is 362 g/mol. The fraction of sp³-hybridized carbons (Fsp3) is 0.222. The van der Waals surface area contributed by atoms with Crippen molar-refractivity contribution in [3.8, 4) is 0 Å². The fourth-order valence-corrected chi connectivity index (χ4v) is 2.91. The highest BCUT2D eigenvalue weighted by Gasteiger charge is 2.10. The number of rotatable bonds is 7. The minimum absolute atomic E-state index is 0.0862. The molecule has 0 aromatic heterocycles. The van der Waals surface area contributed by atoms with E-state index in [2.05, 4.69) is 5.32 Å². The monoisotopic (exact) mass is 379 g/mol. The van der Waals surface area contributed by atoms with E-state index in [9.17, 15) is 18.0 Å². The number of amides is 1. The topological polar surface area (TPSA) is 80.3 Å². The Morgan fingerprint density at radius 2 is 1.56 bits per heavy atom. The van der Waals surface area contributed by atoms with Gasteiger partial charge in [0, 0.05) is 36.2 Å². The molecule has 0 saturated carbocycles. The Kier molecular flexibility index (Phi) is 6.33. The van der Waals surface area contributed by atoms with Crippen molar-refractivity contribution in [3.05, 3.63) is 64.7 Å². The van der Waals surface area contributed by atoms with Crippen molar-refractivity contribution in [1.82, 2.24) is 5.32 Å². The van der Waals surface area contributed by atoms with Gasteiger partial charge < -0.3 is 5.32 Å². The van der Waals surface area contributed by atoms with Crippen LogP contribution in [0.5, 0.6) is 0 Å². The van der Waals surface area contributed by atoms with Crippen LogP contribution < -0.4 is 5.32 Å². The van der Waals surface area contributed by atoms with Crippen molar-refractivity contribution in [3.63, 3.8) is 0 Å². The lowest BCUT2D eigenvalue weighted by Gasteiger charge is -2.06. The number of nitrogens with one attached hydrogen (secondary N) is 1. The average molecular weight is 380 g/mol. The maximum Gasteiger partial charge on any atom is 0.220 e. The van der Waals surface area contributed by atoms with Gasteiger partial charge in [0.05, 0.1) is 4.90 Å². The van der Waals surface area contributed by atoms with E-state index in [1.54, 1.807) is 36.4 Å². The fourth-order valence-electron chi connectivity index (χ4n) is 2.15. The van der Waals surface area contributed by atoms with Crippen molar-refractivity contribution in [2.45, 2.75) is 24.3 Å². The number of hydrogen-bond donors (Lipinski definition) is 1. The molecule has 0 bridgehead atoms. The summed E-state index contributed by atoms with van der Waals surface area (Å²) in [6, 6.07) is 12.8. The molecule has 0 saturated heterocycles. The molecule has 2 rings (SSSR count). The van der Waals surface area contributed by atoms with Gasteiger partial charge >= 0.3 is 0 Å². The first kappa shape index (κ1) is 19.1. The summed E-state index contributed by atoms with van der Waals surface area (Å²) in [6.45, 7) is 0.276. The normalized spacial score (nSPS) is 11.1. The van der Waals surface area contributed by atoms with E-state index in [-0.39, 0.29) is 36.0 Å². The molecule has 0 aliphatic carbocycles. The lowest BCUT2D eigenvalue weighted by Crippen LogP contribution is -2.23. The molecular formula is C18H18ClNO4S. The summed E-state index contributed by atoms with van der Waals surface area (Å²) >= 11 is 5.77. The molecule has 25 heavy (non-hydrogen) atoms. The molecule has 1 amide bonds. The lowest BCUT2D eigenvalue weighted by molar-refractivity contribution is -0.121. The SMILES string of the molecule is CS(=O)(=O)c1ccc(CNC(=O)CCC(=O)c2ccc(Cl)cc2)cc1. The van der Waals surface area contributed by atoms with Crippen LogP contribution in [0.15, 0.2) is 53.4 Å². The van der Waals surface area contributed by atoms with E-state index >= 15 is 0 Å². The van der Waals surface area contributed by atoms with Gasteiger partial charge in [0.2, 0.25) is 5.91 Å². The van der Waals surface area contributed by atoms with E-state index < -0.39 is 9.84 Å². The van der Waals surface area contributed by atoms with Crippen LogP contribution in [0.4, 0.5) is 0 Å². The molecule has 0 radical (unpaired) electrons. The van der Waals surface area contributed by atoms with E-state index in [0.29, 0.717) is 10.6 Å². The summed E-state index contributed by atoms with van der Waals surface area (Å²) in [6.07, 6.45) is 1.34. The Morgan fingerprint density at radius 1 is 0.960 bits per heavy atom. The number of sulfone groups is 1. The molecule has 0 aliphatic rings. The van der Waals surface area contributed by atoms with Crippen molar-refractivity contribution >= 4 is 33.1 Å². The summed E-state index contributed by atoms with van der Waals surface area (Å²) < 4.78 is 22.8. The summed E-state index contributed by atoms with van der Waals surface area (Å²) in [7, 11) is -3.23. The van der Waals surface area contributed by atoms with E-state index in [1.807, 2.05) is 0 Å². The smallest absolute Gasteiger partial charge is 0.220 e. The summed E-state index contributed by atoms with van der Waals surface area (Å²) in [5, 5.41) is 3.26. The minimum Gasteiger partial charge on any atom is -0.352 e. The van der Waals surface area contributed by atoms with Crippen LogP contribution in [0.25, 0.3) is 0 Å². The summed E-state index contributed by atoms with van der Waals surface area (Å²) in [5.41, 5.74) is 1.30. The number of ketones is 1. The average Bonchev–Trinajstić information content (AvgIpc) is 2.58. The summed E-state index contributed by atoms with van der Waals surface area (Å²) in [4.78, 5) is 24.1. The van der Waals surface area contributed by atoms with Crippen molar-refractivity contribution in [2.75, 3.05) is 6.26 Å². The molecule has 0 unspecified atom stereocenters. The molecule has 0 atom stereocenters. The van der Waals surface area contributed by atoms with Gasteiger partial charge in [-0.3, -0.25) is 9.59 Å². The van der Waals surface area contributed by atoms with E-state index in [0.717, 1.165) is 11.8 Å². The first-order chi connectivity index (χ1) is 11.8. The van der Waals surface area contributed by atoms with Gasteiger partial charge in [-0.25, -0.2) is 8.42 Å². The Morgan fingerprint density at radius 3 is 2.12 bits per heavy atom. The van der Waals surface area contributed by atoms with Crippen LogP contribution in [0.1, 0.15) is 28.8 Å². The van der Waals surface area contributed by atoms with Gasteiger partial charge in [0.15, 0.2) is 15.6 Å². The number of benzene rings is 2. The van der Waals surface area contributed by atoms with Crippen LogP contribution in [-0.4, -0.2) is 26.4 Å². The highest BCUT2D eigenvalue weighted by Crippen LogP contribution is 2.12. The molecule has 1 N–H and O–H groups in total. The lowest BCUT2D eigenvalue weighted by atomic mass is 10.1. The minimum atomic E-state index is -3.23. The van der Waals surface area contributed by atoms with E-state index in [4.69, 9.17) is 11.6 Å². The number of halogens is 1. The Hall–Kier alpha value is -2.18. The second kappa shape index (κ2) is 8.27. The number of Topliss-reactive ketones (excluding diaryl/α,β-unsaturated/α-hetero) is 1. The number of carbonyl (C=O) groups excluding carboxylic acids is 2. The first-order valence-electron chi connectivity index (χ1n) is 7.60. The second-order valence-electron chi connectivity index (χ2n) is 5.62. The Bertz CT molecular complexity index is 859. The Labute approximate surface area is 151 Å². The quantitative estimate of drug-likeness (QED) is 0.750. The molecule has 0 aliphatic heterocycles. The van der Waals surface area contributed by atoms with Crippen LogP contribution in [0.2, 0.25) is 5.02 Å². The zero-order chi connectivity index (χ0) is 18.4. The molecule has 0 spiro atoms. The van der Waals surface area contributed by atoms with Crippen molar-refractivity contribution in [2.24, 2.45) is 0 Å². The predicted molar refractivity (Wildman–Crippen MR) is 96.4 cm³/mol. The highest BCUT2D eigenvalue weighted by atomic mass is 35.5. The summed E-state index contributed by atoms with van der Waals surface area (Å²) in [5.74, 6) is -0.362. The molecule has 0 fully saturated rings. The van der Waals surface area contributed by atoms with Crippen LogP contribution >= 0.6 is 11.6 Å². The van der Waals surface area contributed by atoms with Gasteiger partial charge in [-0.15, -0.1) is 0 Å². The van der Waals surface area contributed by atoms with Crippen LogP contribution in [-0.2, 0) is 21.2 Å². The highest BCUT2D eigenvalue weighted by molar-refractivity contribution is 7.90. The Balaban J connectivity index is 1.80. The van der Waals surface area contributed by atoms with E-state index in [1.165, 1.54) is 12.1 Å². The van der Waals surface area contributed by atoms with Gasteiger partial charge in [-0.1, -0.05) is 23.7 Å². The molecule has 2 aromatic carbocycles. The van der Waals surface area contributed by atoms with Gasteiger partial charge in [-0.05, 0) is 42.0 Å². The molecule has 132 valence electrons. The zero-order valence-corrected chi connectivity index (χ0v) is 15.2. The zero-order valence-electron chi connectivity index (χ0n) is 13.7. The van der Waals surface area contributed by atoms with Gasteiger partial charge in [0.1, 0.15) is 0 Å². The van der Waals surface area contributed by atoms with Crippen LogP contribution in [0.3, 0.4) is 0 Å². The molecule has 2 aromatic rings. The molecule has 5 nitrogen and oxygen atoms in total. The predicted octanol–water partition coefficient (Wildman–Crippen LogP) is 3.02. The van der Waals surface area contributed by atoms with Gasteiger partial charge in [0.25, 0.3) is 0 Å². The third-order valence-electron chi connectivity index (χ3n) is 3.59.